The lowest BCUT2D eigenvalue weighted by atomic mass is 9.79. The molecular weight excluding hydrogens is 462 g/mol. The van der Waals surface area contributed by atoms with Gasteiger partial charge in [-0.1, -0.05) is 6.92 Å². The number of ether oxygens (including phenoxy) is 3. The third-order valence-corrected chi connectivity index (χ3v) is 7.01. The van der Waals surface area contributed by atoms with Crippen LogP contribution in [-0.2, 0) is 9.59 Å². The smallest absolute Gasteiger partial charge is 0.336 e. The summed E-state index contributed by atoms with van der Waals surface area (Å²) in [4.78, 5) is 42.1. The maximum absolute atomic E-state index is 13.5. The Morgan fingerprint density at radius 1 is 0.972 bits per heavy atom. The first-order valence-corrected chi connectivity index (χ1v) is 11.6. The molecule has 1 fully saturated rings. The van der Waals surface area contributed by atoms with Gasteiger partial charge in [-0.05, 0) is 56.0 Å². The van der Waals surface area contributed by atoms with Gasteiger partial charge in [-0.25, -0.2) is 9.69 Å². The lowest BCUT2D eigenvalue weighted by molar-refractivity contribution is -0.122. The van der Waals surface area contributed by atoms with Crippen molar-refractivity contribution in [2.24, 2.45) is 0 Å². The van der Waals surface area contributed by atoms with Crippen molar-refractivity contribution >= 4 is 35.3 Å². The summed E-state index contributed by atoms with van der Waals surface area (Å²) in [6, 6.07) is 7.71. The Morgan fingerprint density at radius 3 is 2.31 bits per heavy atom. The maximum Gasteiger partial charge on any atom is 0.336 e. The first kappa shape index (κ1) is 25.1. The Hall–Kier alpha value is -4.01. The number of nitrogens with one attached hydrogen (secondary N) is 1. The zero-order chi connectivity index (χ0) is 26.4. The fraction of sp³-hybridized carbons (Fsp3) is 0.370. The number of amides is 4. The standard InChI is InChI=1S/C27H31N3O6/c1-15-14-27(2,3)29(4)21-13-22(35-6)16(10-18(15)21)11-19-24(31)28-26(33)30(25(19)32)20-9-8-17(34-5)12-23(20)36-7/h8-13,15H,14H2,1-7H3,(H,28,31,33)/b19-11-. The number of anilines is 2. The van der Waals surface area contributed by atoms with Gasteiger partial charge in [0.15, 0.2) is 0 Å². The van der Waals surface area contributed by atoms with Crippen molar-refractivity contribution in [3.8, 4) is 17.2 Å². The Labute approximate surface area is 210 Å². The molecule has 0 radical (unpaired) electrons. The van der Waals surface area contributed by atoms with Crippen LogP contribution in [0.15, 0.2) is 35.9 Å². The van der Waals surface area contributed by atoms with Crippen LogP contribution in [0.25, 0.3) is 6.08 Å². The summed E-state index contributed by atoms with van der Waals surface area (Å²) in [5.41, 5.74) is 2.67. The summed E-state index contributed by atoms with van der Waals surface area (Å²) >= 11 is 0. The minimum absolute atomic E-state index is 0.0328. The summed E-state index contributed by atoms with van der Waals surface area (Å²) in [7, 11) is 6.51. The molecule has 1 saturated heterocycles. The van der Waals surface area contributed by atoms with E-state index in [9.17, 15) is 14.4 Å². The summed E-state index contributed by atoms with van der Waals surface area (Å²) < 4.78 is 16.2. The predicted octanol–water partition coefficient (Wildman–Crippen LogP) is 4.10. The third-order valence-electron chi connectivity index (χ3n) is 7.01. The molecule has 36 heavy (non-hydrogen) atoms. The van der Waals surface area contributed by atoms with Crippen LogP contribution < -0.4 is 29.3 Å². The molecule has 2 aromatic carbocycles. The van der Waals surface area contributed by atoms with Gasteiger partial charge in [0.2, 0.25) is 0 Å². The van der Waals surface area contributed by atoms with Crippen LogP contribution in [0.1, 0.15) is 44.2 Å². The van der Waals surface area contributed by atoms with E-state index in [4.69, 9.17) is 14.2 Å². The number of rotatable bonds is 5. The van der Waals surface area contributed by atoms with E-state index in [1.165, 1.54) is 26.4 Å². The summed E-state index contributed by atoms with van der Waals surface area (Å²) in [6.45, 7) is 6.55. The van der Waals surface area contributed by atoms with Gasteiger partial charge in [0, 0.05) is 36.0 Å². The molecule has 1 N–H and O–H groups in total. The topological polar surface area (TPSA) is 97.4 Å². The van der Waals surface area contributed by atoms with Crippen LogP contribution >= 0.6 is 0 Å². The molecule has 9 nitrogen and oxygen atoms in total. The molecule has 1 unspecified atom stereocenters. The highest BCUT2D eigenvalue weighted by Crippen LogP contribution is 2.45. The number of benzene rings is 2. The molecule has 4 amide bonds. The number of carbonyl (C=O) groups is 3. The molecule has 0 spiro atoms. The van der Waals surface area contributed by atoms with E-state index in [2.05, 4.69) is 31.0 Å². The highest BCUT2D eigenvalue weighted by molar-refractivity contribution is 6.39. The van der Waals surface area contributed by atoms with Gasteiger partial charge >= 0.3 is 6.03 Å². The zero-order valence-electron chi connectivity index (χ0n) is 21.6. The summed E-state index contributed by atoms with van der Waals surface area (Å²) in [6.07, 6.45) is 2.41. The van der Waals surface area contributed by atoms with Crippen molar-refractivity contribution in [3.63, 3.8) is 0 Å². The van der Waals surface area contributed by atoms with Gasteiger partial charge in [-0.3, -0.25) is 14.9 Å². The monoisotopic (exact) mass is 493 g/mol. The average Bonchev–Trinajstić information content (AvgIpc) is 2.84. The van der Waals surface area contributed by atoms with Crippen LogP contribution in [0.2, 0.25) is 0 Å². The Balaban J connectivity index is 1.81. The molecule has 2 heterocycles. The molecule has 2 aromatic rings. The average molecular weight is 494 g/mol. The van der Waals surface area contributed by atoms with E-state index >= 15 is 0 Å². The van der Waals surface area contributed by atoms with Gasteiger partial charge in [0.1, 0.15) is 22.8 Å². The second-order valence-corrected chi connectivity index (χ2v) is 9.63. The molecule has 0 aromatic heterocycles. The third kappa shape index (κ3) is 4.14. The van der Waals surface area contributed by atoms with Crippen molar-refractivity contribution in [1.82, 2.24) is 5.32 Å². The van der Waals surface area contributed by atoms with Crippen LogP contribution in [0, 0.1) is 0 Å². The van der Waals surface area contributed by atoms with Crippen molar-refractivity contribution < 1.29 is 28.6 Å². The highest BCUT2D eigenvalue weighted by Gasteiger charge is 2.39. The molecule has 9 heteroatoms. The first-order chi connectivity index (χ1) is 17.0. The quantitative estimate of drug-likeness (QED) is 0.495. The molecule has 1 atom stereocenters. The van der Waals surface area contributed by atoms with Crippen LogP contribution in [0.4, 0.5) is 16.2 Å². The van der Waals surface area contributed by atoms with Gasteiger partial charge in [-0.15, -0.1) is 0 Å². The normalized spacial score (nSPS) is 20.2. The van der Waals surface area contributed by atoms with E-state index < -0.39 is 17.8 Å². The van der Waals surface area contributed by atoms with Crippen LogP contribution in [0.3, 0.4) is 0 Å². The highest BCUT2D eigenvalue weighted by atomic mass is 16.5. The fourth-order valence-electron chi connectivity index (χ4n) is 4.90. The van der Waals surface area contributed by atoms with Gasteiger partial charge in [0.05, 0.1) is 27.0 Å². The molecular formula is C27H31N3O6. The zero-order valence-corrected chi connectivity index (χ0v) is 21.6. The number of hydrogen-bond acceptors (Lipinski definition) is 7. The molecule has 0 saturated carbocycles. The summed E-state index contributed by atoms with van der Waals surface area (Å²) in [5, 5.41) is 2.26. The van der Waals surface area contributed by atoms with Gasteiger partial charge in [-0.2, -0.15) is 0 Å². The second kappa shape index (κ2) is 9.22. The van der Waals surface area contributed by atoms with Crippen molar-refractivity contribution in [2.75, 3.05) is 38.2 Å². The molecule has 0 aliphatic carbocycles. The van der Waals surface area contributed by atoms with Crippen molar-refractivity contribution in [1.29, 1.82) is 0 Å². The largest absolute Gasteiger partial charge is 0.497 e. The van der Waals surface area contributed by atoms with Gasteiger partial charge in [0.25, 0.3) is 11.8 Å². The number of carbonyl (C=O) groups excluding carboxylic acids is 3. The molecule has 2 aliphatic rings. The number of fused-ring (bicyclic) bond motifs is 1. The predicted molar refractivity (Wildman–Crippen MR) is 137 cm³/mol. The number of hydrogen-bond donors (Lipinski definition) is 1. The Morgan fingerprint density at radius 2 is 1.67 bits per heavy atom. The number of methoxy groups -OCH3 is 3. The van der Waals surface area contributed by atoms with Crippen molar-refractivity contribution in [2.45, 2.75) is 38.6 Å². The van der Waals surface area contributed by atoms with Crippen LogP contribution in [0.5, 0.6) is 17.2 Å². The van der Waals surface area contributed by atoms with Crippen molar-refractivity contribution in [3.05, 3.63) is 47.0 Å². The van der Waals surface area contributed by atoms with E-state index in [1.54, 1.807) is 19.2 Å². The van der Waals surface area contributed by atoms with Gasteiger partial charge < -0.3 is 19.1 Å². The Bertz CT molecular complexity index is 1280. The maximum atomic E-state index is 13.5. The van der Waals surface area contributed by atoms with E-state index in [0.29, 0.717) is 17.1 Å². The minimum Gasteiger partial charge on any atom is -0.497 e. The molecule has 2 aliphatic heterocycles. The lowest BCUT2D eigenvalue weighted by Crippen LogP contribution is -2.54. The molecule has 190 valence electrons. The second-order valence-electron chi connectivity index (χ2n) is 9.63. The molecule has 4 rings (SSSR count). The first-order valence-electron chi connectivity index (χ1n) is 11.6. The minimum atomic E-state index is -0.861. The summed E-state index contributed by atoms with van der Waals surface area (Å²) in [5.74, 6) is -0.0281. The SMILES string of the molecule is COc1ccc(N2C(=O)NC(=O)/C(=C/c3cc4c(cc3OC)N(C)C(C)(C)CC4C)C2=O)c(OC)c1. The number of imide groups is 2. The molecule has 0 bridgehead atoms. The number of barbiturate groups is 1. The Kier molecular flexibility index (Phi) is 6.43. The number of nitrogens with zero attached hydrogens (tertiary/aromatic N) is 2. The van der Waals surface area contributed by atoms with E-state index in [1.807, 2.05) is 19.2 Å². The lowest BCUT2D eigenvalue weighted by Gasteiger charge is -2.45. The fourth-order valence-corrected chi connectivity index (χ4v) is 4.90. The van der Waals surface area contributed by atoms with E-state index in [0.717, 1.165) is 22.6 Å². The van der Waals surface area contributed by atoms with E-state index in [-0.39, 0.29) is 28.5 Å². The number of urea groups is 1. The van der Waals surface area contributed by atoms with Crippen LogP contribution in [-0.4, -0.2) is 51.8 Å².